The van der Waals surface area contributed by atoms with Gasteiger partial charge in [0.2, 0.25) is 0 Å². The van der Waals surface area contributed by atoms with E-state index in [-0.39, 0.29) is 6.61 Å². The van der Waals surface area contributed by atoms with E-state index in [1.54, 1.807) is 6.92 Å². The number of ether oxygens (including phenoxy) is 1. The monoisotopic (exact) mass is 162 g/mol. The van der Waals surface area contributed by atoms with E-state index in [0.717, 1.165) is 0 Å². The Morgan fingerprint density at radius 3 is 2.36 bits per heavy atom. The van der Waals surface area contributed by atoms with Crippen LogP contribution in [0.5, 0.6) is 0 Å². The highest BCUT2D eigenvalue weighted by atomic mass is 16.5. The van der Waals surface area contributed by atoms with Crippen LogP contribution in [0.3, 0.4) is 0 Å². The Hall–Kier alpha value is -0.120. The van der Waals surface area contributed by atoms with E-state index in [9.17, 15) is 10.2 Å². The zero-order valence-corrected chi connectivity index (χ0v) is 7.50. The maximum atomic E-state index is 9.49. The van der Waals surface area contributed by atoms with Gasteiger partial charge in [0, 0.05) is 6.61 Å². The largest absolute Gasteiger partial charge is 0.388 e. The fourth-order valence-corrected chi connectivity index (χ4v) is 0.645. The van der Waals surface area contributed by atoms with Gasteiger partial charge in [-0.05, 0) is 20.3 Å². The first-order valence-corrected chi connectivity index (χ1v) is 4.02. The molecule has 0 aromatic carbocycles. The second-order valence-corrected chi connectivity index (χ2v) is 2.89. The number of hydrogen-bond acceptors (Lipinski definition) is 3. The molecule has 3 nitrogen and oxygen atoms in total. The van der Waals surface area contributed by atoms with Crippen LogP contribution in [0.1, 0.15) is 27.2 Å². The van der Waals surface area contributed by atoms with Crippen LogP contribution in [0, 0.1) is 0 Å². The molecule has 0 bridgehead atoms. The van der Waals surface area contributed by atoms with Crippen LogP contribution in [0.4, 0.5) is 0 Å². The molecule has 0 aromatic rings. The topological polar surface area (TPSA) is 49.7 Å². The van der Waals surface area contributed by atoms with Crippen molar-refractivity contribution in [3.63, 3.8) is 0 Å². The molecule has 0 aliphatic heterocycles. The van der Waals surface area contributed by atoms with Gasteiger partial charge < -0.3 is 14.9 Å². The third-order valence-electron chi connectivity index (χ3n) is 1.91. The summed E-state index contributed by atoms with van der Waals surface area (Å²) in [5.74, 6) is 0. The molecule has 3 heteroatoms. The van der Waals surface area contributed by atoms with Gasteiger partial charge in [0.15, 0.2) is 0 Å². The maximum Gasteiger partial charge on any atom is 0.106 e. The Balaban J connectivity index is 3.71. The third-order valence-corrected chi connectivity index (χ3v) is 1.91. The number of hydrogen-bond donors (Lipinski definition) is 2. The predicted molar refractivity (Wildman–Crippen MR) is 43.4 cm³/mol. The Kier molecular flexibility index (Phi) is 4.65. The van der Waals surface area contributed by atoms with Gasteiger partial charge in [-0.3, -0.25) is 0 Å². The maximum absolute atomic E-state index is 9.49. The molecular weight excluding hydrogens is 144 g/mol. The molecule has 0 fully saturated rings. The van der Waals surface area contributed by atoms with Crippen LogP contribution in [-0.2, 0) is 4.74 Å². The first-order valence-electron chi connectivity index (χ1n) is 4.02. The number of aliphatic hydroxyl groups excluding tert-OH is 1. The predicted octanol–water partition coefficient (Wildman–Crippen LogP) is 0.545. The van der Waals surface area contributed by atoms with Crippen LogP contribution in [0.2, 0.25) is 0 Å². The third kappa shape index (κ3) is 3.70. The molecule has 0 aliphatic carbocycles. The molecule has 0 aliphatic rings. The second kappa shape index (κ2) is 4.70. The average Bonchev–Trinajstić information content (AvgIpc) is 2.00. The fourth-order valence-electron chi connectivity index (χ4n) is 0.645. The van der Waals surface area contributed by atoms with E-state index in [4.69, 9.17) is 4.74 Å². The lowest BCUT2D eigenvalue weighted by molar-refractivity contribution is -0.0964. The Morgan fingerprint density at radius 1 is 1.45 bits per heavy atom. The highest BCUT2D eigenvalue weighted by Gasteiger charge is 2.27. The van der Waals surface area contributed by atoms with Gasteiger partial charge in [0.25, 0.3) is 0 Å². The summed E-state index contributed by atoms with van der Waals surface area (Å²) in [7, 11) is 0. The van der Waals surface area contributed by atoms with Crippen molar-refractivity contribution in [3.8, 4) is 0 Å². The summed E-state index contributed by atoms with van der Waals surface area (Å²) in [5, 5.41) is 18.8. The lowest BCUT2D eigenvalue weighted by Gasteiger charge is -2.27. The van der Waals surface area contributed by atoms with Gasteiger partial charge in [-0.1, -0.05) is 6.92 Å². The molecule has 11 heavy (non-hydrogen) atoms. The average molecular weight is 162 g/mol. The van der Waals surface area contributed by atoms with E-state index in [2.05, 4.69) is 0 Å². The van der Waals surface area contributed by atoms with E-state index in [1.165, 1.54) is 0 Å². The van der Waals surface area contributed by atoms with E-state index < -0.39 is 11.7 Å². The van der Waals surface area contributed by atoms with Crippen LogP contribution in [-0.4, -0.2) is 35.1 Å². The molecule has 2 atom stereocenters. The summed E-state index contributed by atoms with van der Waals surface area (Å²) in [5.41, 5.74) is -1.02. The van der Waals surface area contributed by atoms with Gasteiger partial charge in [0.1, 0.15) is 6.10 Å². The van der Waals surface area contributed by atoms with Crippen molar-refractivity contribution in [1.29, 1.82) is 0 Å². The second-order valence-electron chi connectivity index (χ2n) is 2.89. The lowest BCUT2D eigenvalue weighted by atomic mass is 9.97. The zero-order valence-electron chi connectivity index (χ0n) is 7.50. The SMILES string of the molecule is CCOCC(O)C(C)(O)CC. The molecule has 0 radical (unpaired) electrons. The normalized spacial score (nSPS) is 19.4. The smallest absolute Gasteiger partial charge is 0.106 e. The zero-order chi connectivity index (χ0) is 8.91. The summed E-state index contributed by atoms with van der Waals surface area (Å²) < 4.78 is 4.97. The Morgan fingerprint density at radius 2 is 2.00 bits per heavy atom. The number of rotatable bonds is 5. The number of aliphatic hydroxyl groups is 2. The van der Waals surface area contributed by atoms with Crippen molar-refractivity contribution in [2.45, 2.75) is 38.9 Å². The Labute approximate surface area is 68.0 Å². The minimum atomic E-state index is -1.02. The minimum absolute atomic E-state index is 0.206. The molecule has 0 saturated heterocycles. The highest BCUT2D eigenvalue weighted by Crippen LogP contribution is 2.14. The summed E-state index contributed by atoms with van der Waals surface area (Å²) in [4.78, 5) is 0. The van der Waals surface area contributed by atoms with Crippen molar-refractivity contribution >= 4 is 0 Å². The van der Waals surface area contributed by atoms with Crippen molar-refractivity contribution in [1.82, 2.24) is 0 Å². The summed E-state index contributed by atoms with van der Waals surface area (Å²) in [6.07, 6.45) is -0.256. The van der Waals surface area contributed by atoms with Gasteiger partial charge in [-0.15, -0.1) is 0 Å². The lowest BCUT2D eigenvalue weighted by Crippen LogP contribution is -2.41. The summed E-state index contributed by atoms with van der Waals surface area (Å²) in [6, 6.07) is 0. The molecule has 2 unspecified atom stereocenters. The first-order chi connectivity index (χ1) is 5.04. The molecular formula is C8H18O3. The van der Waals surface area contributed by atoms with Gasteiger partial charge in [-0.2, -0.15) is 0 Å². The molecule has 2 N–H and O–H groups in total. The molecule has 0 spiro atoms. The Bertz CT molecular complexity index is 102. The molecule has 68 valence electrons. The molecule has 0 aromatic heterocycles. The van der Waals surface area contributed by atoms with Crippen LogP contribution in [0.15, 0.2) is 0 Å². The highest BCUT2D eigenvalue weighted by molar-refractivity contribution is 4.79. The van der Waals surface area contributed by atoms with Crippen molar-refractivity contribution < 1.29 is 14.9 Å². The first kappa shape index (κ1) is 10.9. The van der Waals surface area contributed by atoms with E-state index in [1.807, 2.05) is 13.8 Å². The van der Waals surface area contributed by atoms with Crippen molar-refractivity contribution in [3.05, 3.63) is 0 Å². The molecule has 0 saturated carbocycles. The molecule has 0 heterocycles. The standard InChI is InChI=1S/C8H18O3/c1-4-8(3,10)7(9)6-11-5-2/h7,9-10H,4-6H2,1-3H3. The van der Waals surface area contributed by atoms with Crippen molar-refractivity contribution in [2.75, 3.05) is 13.2 Å². The molecule has 0 amide bonds. The van der Waals surface area contributed by atoms with E-state index >= 15 is 0 Å². The van der Waals surface area contributed by atoms with Crippen LogP contribution in [0.25, 0.3) is 0 Å². The van der Waals surface area contributed by atoms with E-state index in [0.29, 0.717) is 13.0 Å². The molecule has 0 rings (SSSR count). The minimum Gasteiger partial charge on any atom is -0.388 e. The van der Waals surface area contributed by atoms with Gasteiger partial charge in [0.05, 0.1) is 12.2 Å². The van der Waals surface area contributed by atoms with Crippen molar-refractivity contribution in [2.24, 2.45) is 0 Å². The fraction of sp³-hybridized carbons (Fsp3) is 1.00. The van der Waals surface area contributed by atoms with Crippen LogP contribution >= 0.6 is 0 Å². The van der Waals surface area contributed by atoms with Gasteiger partial charge >= 0.3 is 0 Å². The summed E-state index contributed by atoms with van der Waals surface area (Å²) in [6.45, 7) is 6.06. The van der Waals surface area contributed by atoms with Crippen LogP contribution < -0.4 is 0 Å². The summed E-state index contributed by atoms with van der Waals surface area (Å²) >= 11 is 0. The van der Waals surface area contributed by atoms with Gasteiger partial charge in [-0.25, -0.2) is 0 Å². The quantitative estimate of drug-likeness (QED) is 0.620.